The van der Waals surface area contributed by atoms with E-state index < -0.39 is 0 Å². The van der Waals surface area contributed by atoms with Gasteiger partial charge in [0.25, 0.3) is 5.91 Å². The van der Waals surface area contributed by atoms with Gasteiger partial charge < -0.3 is 5.32 Å². The average molecular weight is 305 g/mol. The second-order valence-electron chi connectivity index (χ2n) is 6.75. The van der Waals surface area contributed by atoms with Gasteiger partial charge in [0.15, 0.2) is 5.78 Å². The van der Waals surface area contributed by atoms with Gasteiger partial charge in [0, 0.05) is 16.8 Å². The summed E-state index contributed by atoms with van der Waals surface area (Å²) in [4.78, 5) is 24.5. The highest BCUT2D eigenvalue weighted by Crippen LogP contribution is 2.31. The number of nitrogens with one attached hydrogen (secondary N) is 1. The number of fused-ring (bicyclic) bond motifs is 1. The molecule has 2 aromatic carbocycles. The Bertz CT molecular complexity index is 808. The Hall–Kier alpha value is -2.68. The zero-order valence-electron chi connectivity index (χ0n) is 13.5. The average Bonchev–Trinajstić information content (AvgIpc) is 2.82. The zero-order chi connectivity index (χ0) is 16.6. The fourth-order valence-corrected chi connectivity index (χ4v) is 2.63. The van der Waals surface area contributed by atoms with E-state index in [0.717, 1.165) is 11.3 Å². The lowest BCUT2D eigenvalue weighted by Gasteiger charge is -2.18. The number of rotatable bonds is 2. The number of para-hydroxylation sites is 1. The number of hydrogen-bond acceptors (Lipinski definition) is 2. The van der Waals surface area contributed by atoms with Crippen molar-refractivity contribution >= 4 is 23.0 Å². The predicted molar refractivity (Wildman–Crippen MR) is 92.5 cm³/mol. The monoisotopic (exact) mass is 305 g/mol. The molecule has 0 radical (unpaired) electrons. The van der Waals surface area contributed by atoms with Crippen LogP contribution in [0.25, 0.3) is 5.57 Å². The van der Waals surface area contributed by atoms with E-state index in [0.29, 0.717) is 11.1 Å². The molecule has 0 unspecified atom stereocenters. The van der Waals surface area contributed by atoms with Gasteiger partial charge in [-0.25, -0.2) is 0 Å². The Morgan fingerprint density at radius 1 is 1.00 bits per heavy atom. The third kappa shape index (κ3) is 2.95. The Kier molecular flexibility index (Phi) is 3.64. The van der Waals surface area contributed by atoms with Crippen molar-refractivity contribution in [1.29, 1.82) is 0 Å². The molecule has 1 N–H and O–H groups in total. The standard InChI is InChI=1S/C20H19NO2/c1-20(2,3)14-10-8-13(9-11-14)18(22)12-16-15-6-4-5-7-17(15)21-19(16)23/h4-12H,1-3H3,(H,21,23). The molecule has 1 aliphatic rings. The van der Waals surface area contributed by atoms with Crippen molar-refractivity contribution in [2.75, 3.05) is 5.32 Å². The third-order valence-corrected chi connectivity index (χ3v) is 4.02. The van der Waals surface area contributed by atoms with Gasteiger partial charge in [-0.3, -0.25) is 9.59 Å². The third-order valence-electron chi connectivity index (χ3n) is 4.02. The first-order valence-corrected chi connectivity index (χ1v) is 7.63. The van der Waals surface area contributed by atoms with Gasteiger partial charge in [0.1, 0.15) is 0 Å². The highest BCUT2D eigenvalue weighted by molar-refractivity contribution is 6.35. The number of benzene rings is 2. The maximum Gasteiger partial charge on any atom is 0.256 e. The lowest BCUT2D eigenvalue weighted by atomic mass is 9.86. The van der Waals surface area contributed by atoms with E-state index in [2.05, 4.69) is 26.1 Å². The Balaban J connectivity index is 1.91. The summed E-state index contributed by atoms with van der Waals surface area (Å²) >= 11 is 0. The molecule has 0 bridgehead atoms. The Morgan fingerprint density at radius 3 is 2.30 bits per heavy atom. The Labute approximate surface area is 136 Å². The smallest absolute Gasteiger partial charge is 0.256 e. The van der Waals surface area contributed by atoms with Crippen LogP contribution < -0.4 is 5.32 Å². The number of ketones is 1. The number of carbonyl (C=O) groups excluding carboxylic acids is 2. The predicted octanol–water partition coefficient (Wildman–Crippen LogP) is 4.20. The summed E-state index contributed by atoms with van der Waals surface area (Å²) in [5.74, 6) is -0.391. The van der Waals surface area contributed by atoms with E-state index in [-0.39, 0.29) is 17.1 Å². The fourth-order valence-electron chi connectivity index (χ4n) is 2.63. The van der Waals surface area contributed by atoms with E-state index in [4.69, 9.17) is 0 Å². The molecule has 3 heteroatoms. The van der Waals surface area contributed by atoms with Gasteiger partial charge in [-0.2, -0.15) is 0 Å². The molecule has 0 aliphatic carbocycles. The molecule has 0 spiro atoms. The first-order chi connectivity index (χ1) is 10.9. The van der Waals surface area contributed by atoms with Gasteiger partial charge in [0.2, 0.25) is 0 Å². The van der Waals surface area contributed by atoms with Gasteiger partial charge in [0.05, 0.1) is 5.57 Å². The second-order valence-corrected chi connectivity index (χ2v) is 6.75. The van der Waals surface area contributed by atoms with Gasteiger partial charge >= 0.3 is 0 Å². The van der Waals surface area contributed by atoms with E-state index >= 15 is 0 Å². The molecule has 0 atom stereocenters. The molecule has 116 valence electrons. The number of carbonyl (C=O) groups is 2. The van der Waals surface area contributed by atoms with Gasteiger partial charge in [-0.05, 0) is 23.1 Å². The number of hydrogen-bond donors (Lipinski definition) is 1. The van der Waals surface area contributed by atoms with Gasteiger partial charge in [-0.15, -0.1) is 0 Å². The number of amides is 1. The summed E-state index contributed by atoms with van der Waals surface area (Å²) in [5, 5.41) is 2.77. The summed E-state index contributed by atoms with van der Waals surface area (Å²) in [6.45, 7) is 6.39. The number of allylic oxidation sites excluding steroid dienone is 1. The van der Waals surface area contributed by atoms with Crippen LogP contribution in [-0.2, 0) is 10.2 Å². The molecule has 0 fully saturated rings. The maximum atomic E-state index is 12.5. The molecule has 1 heterocycles. The molecule has 0 saturated heterocycles. The second kappa shape index (κ2) is 5.51. The van der Waals surface area contributed by atoms with E-state index in [9.17, 15) is 9.59 Å². The lowest BCUT2D eigenvalue weighted by molar-refractivity contribution is -0.110. The zero-order valence-corrected chi connectivity index (χ0v) is 13.5. The molecule has 3 rings (SSSR count). The molecular weight excluding hydrogens is 286 g/mol. The minimum absolute atomic E-state index is 0.0460. The first-order valence-electron chi connectivity index (χ1n) is 7.63. The molecule has 1 amide bonds. The van der Waals surface area contributed by atoms with Crippen LogP contribution in [0.4, 0.5) is 5.69 Å². The molecular formula is C20H19NO2. The van der Waals surface area contributed by atoms with Crippen LogP contribution in [-0.4, -0.2) is 11.7 Å². The summed E-state index contributed by atoms with van der Waals surface area (Å²) in [6, 6.07) is 15.0. The molecule has 0 aromatic heterocycles. The molecule has 1 aliphatic heterocycles. The van der Waals surface area contributed by atoms with E-state index in [1.54, 1.807) is 0 Å². The first kappa shape index (κ1) is 15.2. The Morgan fingerprint density at radius 2 is 1.65 bits per heavy atom. The van der Waals surface area contributed by atoms with Crippen LogP contribution in [0.5, 0.6) is 0 Å². The van der Waals surface area contributed by atoms with Crippen molar-refractivity contribution in [2.45, 2.75) is 26.2 Å². The van der Waals surface area contributed by atoms with Crippen molar-refractivity contribution in [1.82, 2.24) is 0 Å². The SMILES string of the molecule is CC(C)(C)c1ccc(C(=O)C=C2C(=O)Nc3ccccc32)cc1. The van der Waals surface area contributed by atoms with Crippen molar-refractivity contribution in [3.8, 4) is 0 Å². The van der Waals surface area contributed by atoms with Crippen molar-refractivity contribution in [2.24, 2.45) is 0 Å². The van der Waals surface area contributed by atoms with Crippen LogP contribution in [0.3, 0.4) is 0 Å². The minimum Gasteiger partial charge on any atom is -0.321 e. The summed E-state index contributed by atoms with van der Waals surface area (Å²) in [5.41, 5.74) is 3.75. The number of anilines is 1. The van der Waals surface area contributed by atoms with Crippen molar-refractivity contribution < 1.29 is 9.59 Å². The molecule has 3 nitrogen and oxygen atoms in total. The summed E-state index contributed by atoms with van der Waals surface area (Å²) in [7, 11) is 0. The molecule has 0 saturated carbocycles. The molecule has 23 heavy (non-hydrogen) atoms. The summed E-state index contributed by atoms with van der Waals surface area (Å²) in [6.07, 6.45) is 1.42. The largest absolute Gasteiger partial charge is 0.321 e. The van der Waals surface area contributed by atoms with Gasteiger partial charge in [-0.1, -0.05) is 63.2 Å². The van der Waals surface area contributed by atoms with Crippen LogP contribution in [0.1, 0.15) is 42.3 Å². The maximum absolute atomic E-state index is 12.5. The topological polar surface area (TPSA) is 46.2 Å². The quantitative estimate of drug-likeness (QED) is 0.667. The lowest BCUT2D eigenvalue weighted by Crippen LogP contribution is -2.11. The van der Waals surface area contributed by atoms with Crippen LogP contribution >= 0.6 is 0 Å². The fraction of sp³-hybridized carbons (Fsp3) is 0.200. The van der Waals surface area contributed by atoms with Crippen molar-refractivity contribution in [3.63, 3.8) is 0 Å². The molecule has 2 aromatic rings. The van der Waals surface area contributed by atoms with Crippen molar-refractivity contribution in [3.05, 3.63) is 71.3 Å². The van der Waals surface area contributed by atoms with Crippen LogP contribution in [0, 0.1) is 0 Å². The van der Waals surface area contributed by atoms with E-state index in [1.165, 1.54) is 11.6 Å². The normalized spacial score (nSPS) is 15.4. The van der Waals surface area contributed by atoms with E-state index in [1.807, 2.05) is 48.5 Å². The highest BCUT2D eigenvalue weighted by Gasteiger charge is 2.24. The van der Waals surface area contributed by atoms with Crippen LogP contribution in [0.2, 0.25) is 0 Å². The minimum atomic E-state index is -0.231. The van der Waals surface area contributed by atoms with Crippen LogP contribution in [0.15, 0.2) is 54.6 Å². The summed E-state index contributed by atoms with van der Waals surface area (Å²) < 4.78 is 0. The highest BCUT2D eigenvalue weighted by atomic mass is 16.2.